The number of ketones is 1. The first-order valence-electron chi connectivity index (χ1n) is 11.2. The SMILES string of the molecule is CCC(C)OCCCCC(=O)C(C)(CC)C(C)(CC)OCCCCCC(=O)O. The Labute approximate surface area is 172 Å². The summed E-state index contributed by atoms with van der Waals surface area (Å²) in [7, 11) is 0. The molecule has 3 atom stereocenters. The third-order valence-corrected chi connectivity index (χ3v) is 6.40. The fourth-order valence-electron chi connectivity index (χ4n) is 3.44. The highest BCUT2D eigenvalue weighted by Gasteiger charge is 2.47. The van der Waals surface area contributed by atoms with Gasteiger partial charge in [0.05, 0.1) is 17.1 Å². The van der Waals surface area contributed by atoms with Crippen molar-refractivity contribution in [3.8, 4) is 0 Å². The lowest BCUT2D eigenvalue weighted by atomic mass is 9.67. The molecule has 166 valence electrons. The van der Waals surface area contributed by atoms with Gasteiger partial charge < -0.3 is 14.6 Å². The van der Waals surface area contributed by atoms with E-state index in [-0.39, 0.29) is 18.3 Å². The number of unbranched alkanes of at least 4 members (excludes halogenated alkanes) is 3. The molecule has 0 heterocycles. The molecule has 0 aliphatic heterocycles. The predicted molar refractivity (Wildman–Crippen MR) is 114 cm³/mol. The molecule has 0 radical (unpaired) electrons. The Kier molecular flexibility index (Phi) is 13.6. The maximum absolute atomic E-state index is 13.1. The molecule has 0 aliphatic carbocycles. The van der Waals surface area contributed by atoms with Gasteiger partial charge in [-0.25, -0.2) is 0 Å². The minimum absolute atomic E-state index is 0.205. The van der Waals surface area contributed by atoms with Crippen LogP contribution in [0.25, 0.3) is 0 Å². The van der Waals surface area contributed by atoms with Crippen LogP contribution in [-0.4, -0.2) is 41.8 Å². The summed E-state index contributed by atoms with van der Waals surface area (Å²) in [4.78, 5) is 23.7. The van der Waals surface area contributed by atoms with Crippen LogP contribution in [-0.2, 0) is 19.1 Å². The standard InChI is InChI=1S/C23H44O5/c1-7-19(4)27-17-14-12-15-20(24)22(5,8-2)23(6,9-3)28-18-13-10-11-16-21(25)26/h19H,7-18H2,1-6H3,(H,25,26). The van der Waals surface area contributed by atoms with E-state index in [0.29, 0.717) is 26.1 Å². The lowest BCUT2D eigenvalue weighted by molar-refractivity contribution is -0.158. The van der Waals surface area contributed by atoms with Crippen molar-refractivity contribution in [3.63, 3.8) is 0 Å². The Morgan fingerprint density at radius 2 is 1.50 bits per heavy atom. The summed E-state index contributed by atoms with van der Waals surface area (Å²) in [6, 6.07) is 0. The molecule has 3 unspecified atom stereocenters. The first-order valence-corrected chi connectivity index (χ1v) is 11.2. The van der Waals surface area contributed by atoms with E-state index in [1.54, 1.807) is 0 Å². The highest BCUT2D eigenvalue weighted by Crippen LogP contribution is 2.42. The third kappa shape index (κ3) is 9.04. The zero-order chi connectivity index (χ0) is 21.6. The van der Waals surface area contributed by atoms with E-state index < -0.39 is 17.0 Å². The molecule has 0 aliphatic rings. The molecule has 0 aromatic heterocycles. The second-order valence-corrected chi connectivity index (χ2v) is 8.29. The number of hydrogen-bond donors (Lipinski definition) is 1. The van der Waals surface area contributed by atoms with Crippen LogP contribution in [0.3, 0.4) is 0 Å². The van der Waals surface area contributed by atoms with Crippen molar-refractivity contribution >= 4 is 11.8 Å². The largest absolute Gasteiger partial charge is 0.481 e. The molecular formula is C23H44O5. The van der Waals surface area contributed by atoms with E-state index in [4.69, 9.17) is 14.6 Å². The molecule has 0 saturated heterocycles. The lowest BCUT2D eigenvalue weighted by Gasteiger charge is -2.44. The van der Waals surface area contributed by atoms with Crippen molar-refractivity contribution in [1.82, 2.24) is 0 Å². The summed E-state index contributed by atoms with van der Waals surface area (Å²) in [6.45, 7) is 13.7. The zero-order valence-corrected chi connectivity index (χ0v) is 19.1. The van der Waals surface area contributed by atoms with E-state index in [2.05, 4.69) is 34.6 Å². The van der Waals surface area contributed by atoms with Crippen molar-refractivity contribution in [2.45, 2.75) is 117 Å². The van der Waals surface area contributed by atoms with Crippen LogP contribution >= 0.6 is 0 Å². The van der Waals surface area contributed by atoms with Crippen LogP contribution in [0.15, 0.2) is 0 Å². The Morgan fingerprint density at radius 3 is 2.04 bits per heavy atom. The minimum Gasteiger partial charge on any atom is -0.481 e. The van der Waals surface area contributed by atoms with Crippen molar-refractivity contribution < 1.29 is 24.2 Å². The van der Waals surface area contributed by atoms with Gasteiger partial charge in [0.1, 0.15) is 5.78 Å². The highest BCUT2D eigenvalue weighted by atomic mass is 16.5. The average molecular weight is 401 g/mol. The van der Waals surface area contributed by atoms with Gasteiger partial charge in [-0.15, -0.1) is 0 Å². The molecule has 0 aromatic carbocycles. The van der Waals surface area contributed by atoms with Crippen LogP contribution in [0.2, 0.25) is 0 Å². The van der Waals surface area contributed by atoms with Gasteiger partial charge in [0.2, 0.25) is 0 Å². The maximum atomic E-state index is 13.1. The number of carboxylic acids is 1. The lowest BCUT2D eigenvalue weighted by Crippen LogP contribution is -2.50. The molecule has 5 nitrogen and oxygen atoms in total. The smallest absolute Gasteiger partial charge is 0.303 e. The molecule has 0 amide bonds. The molecule has 0 aromatic rings. The monoisotopic (exact) mass is 400 g/mol. The number of Topliss-reactive ketones (excluding diaryl/α,β-unsaturated/α-hetero) is 1. The predicted octanol–water partition coefficient (Wildman–Crippen LogP) is 5.79. The van der Waals surface area contributed by atoms with Crippen LogP contribution in [0.1, 0.15) is 106 Å². The molecular weight excluding hydrogens is 356 g/mol. The minimum atomic E-state index is -0.752. The fourth-order valence-corrected chi connectivity index (χ4v) is 3.44. The van der Waals surface area contributed by atoms with Gasteiger partial charge in [0.25, 0.3) is 0 Å². The molecule has 0 rings (SSSR count). The average Bonchev–Trinajstić information content (AvgIpc) is 2.68. The zero-order valence-electron chi connectivity index (χ0n) is 19.1. The topological polar surface area (TPSA) is 72.8 Å². The second-order valence-electron chi connectivity index (χ2n) is 8.29. The Bertz CT molecular complexity index is 450. The molecule has 0 bridgehead atoms. The molecule has 1 N–H and O–H groups in total. The Morgan fingerprint density at radius 1 is 0.893 bits per heavy atom. The van der Waals surface area contributed by atoms with Gasteiger partial charge in [-0.3, -0.25) is 9.59 Å². The number of ether oxygens (including phenoxy) is 2. The Hall–Kier alpha value is -0.940. The van der Waals surface area contributed by atoms with Gasteiger partial charge in [-0.1, -0.05) is 27.2 Å². The maximum Gasteiger partial charge on any atom is 0.303 e. The second kappa shape index (κ2) is 14.1. The number of hydrogen-bond acceptors (Lipinski definition) is 4. The summed E-state index contributed by atoms with van der Waals surface area (Å²) < 4.78 is 11.9. The molecule has 28 heavy (non-hydrogen) atoms. The van der Waals surface area contributed by atoms with Crippen molar-refractivity contribution in [2.75, 3.05) is 13.2 Å². The summed E-state index contributed by atoms with van der Waals surface area (Å²) in [6.07, 6.45) is 7.66. The van der Waals surface area contributed by atoms with Gasteiger partial charge >= 0.3 is 5.97 Å². The van der Waals surface area contributed by atoms with E-state index in [1.807, 2.05) is 6.92 Å². The number of carboxylic acid groups (broad SMARTS) is 1. The van der Waals surface area contributed by atoms with Crippen LogP contribution in [0, 0.1) is 5.41 Å². The van der Waals surface area contributed by atoms with Crippen LogP contribution < -0.4 is 0 Å². The van der Waals surface area contributed by atoms with Gasteiger partial charge in [0.15, 0.2) is 0 Å². The van der Waals surface area contributed by atoms with Gasteiger partial charge in [-0.05, 0) is 65.7 Å². The van der Waals surface area contributed by atoms with Crippen LogP contribution in [0.5, 0.6) is 0 Å². The summed E-state index contributed by atoms with van der Waals surface area (Å²) in [5.41, 5.74) is -1.01. The van der Waals surface area contributed by atoms with E-state index in [0.717, 1.165) is 44.9 Å². The van der Waals surface area contributed by atoms with Crippen molar-refractivity contribution in [1.29, 1.82) is 0 Å². The van der Waals surface area contributed by atoms with Crippen LogP contribution in [0.4, 0.5) is 0 Å². The molecule has 5 heteroatoms. The third-order valence-electron chi connectivity index (χ3n) is 6.40. The highest BCUT2D eigenvalue weighted by molar-refractivity contribution is 5.85. The van der Waals surface area contributed by atoms with Gasteiger partial charge in [-0.2, -0.15) is 0 Å². The summed E-state index contributed by atoms with van der Waals surface area (Å²) >= 11 is 0. The number of carbonyl (C=O) groups is 2. The van der Waals surface area contributed by atoms with E-state index >= 15 is 0 Å². The number of aliphatic carboxylic acids is 1. The summed E-state index contributed by atoms with van der Waals surface area (Å²) in [5.74, 6) is -0.480. The van der Waals surface area contributed by atoms with Gasteiger partial charge in [0, 0.05) is 26.1 Å². The Balaban J connectivity index is 4.56. The molecule has 0 spiro atoms. The van der Waals surface area contributed by atoms with E-state index in [1.165, 1.54) is 0 Å². The van der Waals surface area contributed by atoms with Crippen molar-refractivity contribution in [2.24, 2.45) is 5.41 Å². The first-order chi connectivity index (χ1) is 13.2. The first kappa shape index (κ1) is 27.1. The quantitative estimate of drug-likeness (QED) is 0.295. The fraction of sp³-hybridized carbons (Fsp3) is 0.913. The number of carbonyl (C=O) groups excluding carboxylic acids is 1. The molecule has 0 saturated carbocycles. The van der Waals surface area contributed by atoms with E-state index in [9.17, 15) is 9.59 Å². The normalized spacial score (nSPS) is 16.9. The summed E-state index contributed by atoms with van der Waals surface area (Å²) in [5, 5.41) is 8.70. The number of rotatable bonds is 18. The van der Waals surface area contributed by atoms with Crippen molar-refractivity contribution in [3.05, 3.63) is 0 Å². The molecule has 0 fully saturated rings.